The number of esters is 1. The summed E-state index contributed by atoms with van der Waals surface area (Å²) in [6.07, 6.45) is -0.979. The van der Waals surface area contributed by atoms with Crippen molar-refractivity contribution in [2.45, 2.75) is 52.8 Å². The molecule has 0 saturated heterocycles. The van der Waals surface area contributed by atoms with Crippen molar-refractivity contribution in [2.24, 2.45) is 0 Å². The molecule has 5 heteroatoms. The van der Waals surface area contributed by atoms with Crippen LogP contribution in [0.15, 0.2) is 12.2 Å². The van der Waals surface area contributed by atoms with E-state index >= 15 is 0 Å². The molecule has 0 aliphatic carbocycles. The number of hydrogen-bond acceptors (Lipinski definition) is 5. The second-order valence-corrected chi connectivity index (χ2v) is 4.46. The fourth-order valence-electron chi connectivity index (χ4n) is 1.03. The average Bonchev–Trinajstić information content (AvgIpc) is 2.11. The van der Waals surface area contributed by atoms with E-state index in [1.807, 2.05) is 0 Å². The number of carbonyl (C=O) groups excluding carboxylic acids is 1. The quantitative estimate of drug-likeness (QED) is 0.420. The molecule has 0 amide bonds. The highest BCUT2D eigenvalue weighted by Crippen LogP contribution is 2.09. The monoisotopic (exact) mass is 246 g/mol. The predicted molar refractivity (Wildman–Crippen MR) is 63.2 cm³/mol. The average molecular weight is 246 g/mol. The van der Waals surface area contributed by atoms with Crippen LogP contribution in [0, 0.1) is 0 Å². The van der Waals surface area contributed by atoms with Gasteiger partial charge in [0.25, 0.3) is 0 Å². The summed E-state index contributed by atoms with van der Waals surface area (Å²) in [5.74, 6) is -1.70. The molecule has 0 aliphatic rings. The fraction of sp³-hybridized carbons (Fsp3) is 0.750. The summed E-state index contributed by atoms with van der Waals surface area (Å²) >= 11 is 0. The maximum absolute atomic E-state index is 11.2. The molecular formula is C12H22O5. The smallest absolute Gasteiger partial charge is 0.333 e. The van der Waals surface area contributed by atoms with Gasteiger partial charge in [-0.2, -0.15) is 0 Å². The van der Waals surface area contributed by atoms with Crippen LogP contribution in [0.5, 0.6) is 0 Å². The van der Waals surface area contributed by atoms with Crippen LogP contribution in [0.2, 0.25) is 0 Å². The molecule has 0 saturated carbocycles. The topological polar surface area (TPSA) is 65.0 Å². The summed E-state index contributed by atoms with van der Waals surface area (Å²) in [5.41, 5.74) is 0.345. The van der Waals surface area contributed by atoms with Crippen LogP contribution in [-0.4, -0.2) is 35.9 Å². The SMILES string of the molecule is C=C(C)C(=O)OC(C)COC(C)OC(C)(C)O. The molecular weight excluding hydrogens is 224 g/mol. The number of hydrogen-bond donors (Lipinski definition) is 1. The van der Waals surface area contributed by atoms with E-state index in [0.29, 0.717) is 5.57 Å². The van der Waals surface area contributed by atoms with Gasteiger partial charge in [-0.3, -0.25) is 0 Å². The molecule has 0 rings (SSSR count). The second kappa shape index (κ2) is 6.74. The van der Waals surface area contributed by atoms with E-state index in [1.54, 1.807) is 20.8 Å². The van der Waals surface area contributed by atoms with Crippen molar-refractivity contribution in [2.75, 3.05) is 6.61 Å². The van der Waals surface area contributed by atoms with Crippen LogP contribution in [0.4, 0.5) is 0 Å². The minimum absolute atomic E-state index is 0.191. The standard InChI is InChI=1S/C12H22O5/c1-8(2)11(13)16-9(3)7-15-10(4)17-12(5,6)14/h9-10,14H,1,7H2,2-6H3. The van der Waals surface area contributed by atoms with Crippen molar-refractivity contribution in [3.63, 3.8) is 0 Å². The Morgan fingerprint density at radius 2 is 1.94 bits per heavy atom. The third kappa shape index (κ3) is 8.85. The fourth-order valence-corrected chi connectivity index (χ4v) is 1.03. The first-order valence-corrected chi connectivity index (χ1v) is 5.50. The molecule has 1 N–H and O–H groups in total. The summed E-state index contributed by atoms with van der Waals surface area (Å²) in [6.45, 7) is 11.6. The molecule has 100 valence electrons. The zero-order valence-electron chi connectivity index (χ0n) is 11.1. The van der Waals surface area contributed by atoms with Gasteiger partial charge < -0.3 is 19.3 Å². The van der Waals surface area contributed by atoms with Gasteiger partial charge in [-0.15, -0.1) is 0 Å². The Hall–Kier alpha value is -0.910. The lowest BCUT2D eigenvalue weighted by molar-refractivity contribution is -0.272. The van der Waals surface area contributed by atoms with E-state index in [2.05, 4.69) is 6.58 Å². The summed E-state index contributed by atoms with van der Waals surface area (Å²) in [6, 6.07) is 0. The Balaban J connectivity index is 3.88. The van der Waals surface area contributed by atoms with Crippen molar-refractivity contribution >= 4 is 5.97 Å². The van der Waals surface area contributed by atoms with Gasteiger partial charge in [0.2, 0.25) is 0 Å². The summed E-state index contributed by atoms with van der Waals surface area (Å²) < 4.78 is 15.4. The Labute approximate surface area is 102 Å². The van der Waals surface area contributed by atoms with Crippen molar-refractivity contribution in [3.05, 3.63) is 12.2 Å². The number of ether oxygens (including phenoxy) is 3. The molecule has 0 spiro atoms. The van der Waals surface area contributed by atoms with Crippen LogP contribution in [0.25, 0.3) is 0 Å². The van der Waals surface area contributed by atoms with Crippen LogP contribution in [0.3, 0.4) is 0 Å². The molecule has 0 aliphatic heterocycles. The van der Waals surface area contributed by atoms with Crippen LogP contribution >= 0.6 is 0 Å². The molecule has 0 bridgehead atoms. The van der Waals surface area contributed by atoms with Crippen LogP contribution in [0.1, 0.15) is 34.6 Å². The molecule has 0 aromatic carbocycles. The third-order valence-electron chi connectivity index (χ3n) is 1.68. The Morgan fingerprint density at radius 3 is 2.35 bits per heavy atom. The van der Waals surface area contributed by atoms with Crippen molar-refractivity contribution in [1.82, 2.24) is 0 Å². The molecule has 0 aromatic rings. The van der Waals surface area contributed by atoms with Gasteiger partial charge >= 0.3 is 5.97 Å². The van der Waals surface area contributed by atoms with Gasteiger partial charge in [0.1, 0.15) is 6.10 Å². The van der Waals surface area contributed by atoms with E-state index in [4.69, 9.17) is 14.2 Å². The minimum atomic E-state index is -1.25. The molecule has 0 heterocycles. The van der Waals surface area contributed by atoms with Crippen LogP contribution in [-0.2, 0) is 19.0 Å². The maximum Gasteiger partial charge on any atom is 0.333 e. The predicted octanol–water partition coefficient (Wildman–Crippen LogP) is 1.60. The highest BCUT2D eigenvalue weighted by atomic mass is 16.7. The van der Waals surface area contributed by atoms with E-state index in [-0.39, 0.29) is 6.61 Å². The zero-order chi connectivity index (χ0) is 13.6. The minimum Gasteiger partial charge on any atom is -0.457 e. The molecule has 0 radical (unpaired) electrons. The van der Waals surface area contributed by atoms with E-state index in [1.165, 1.54) is 13.8 Å². The van der Waals surface area contributed by atoms with E-state index in [9.17, 15) is 9.90 Å². The van der Waals surface area contributed by atoms with E-state index in [0.717, 1.165) is 0 Å². The molecule has 5 nitrogen and oxygen atoms in total. The number of rotatable bonds is 7. The molecule has 2 unspecified atom stereocenters. The Bertz CT molecular complexity index is 267. The maximum atomic E-state index is 11.2. The Kier molecular flexibility index (Phi) is 6.37. The normalized spacial score (nSPS) is 15.2. The highest BCUT2D eigenvalue weighted by molar-refractivity contribution is 5.87. The van der Waals surface area contributed by atoms with Crippen molar-refractivity contribution in [3.8, 4) is 0 Å². The first-order chi connectivity index (χ1) is 7.61. The Morgan fingerprint density at radius 1 is 1.41 bits per heavy atom. The highest BCUT2D eigenvalue weighted by Gasteiger charge is 2.18. The van der Waals surface area contributed by atoms with Gasteiger partial charge in [-0.1, -0.05) is 6.58 Å². The van der Waals surface area contributed by atoms with Gasteiger partial charge in [-0.05, 0) is 34.6 Å². The number of carbonyl (C=O) groups is 1. The van der Waals surface area contributed by atoms with Gasteiger partial charge in [0.05, 0.1) is 6.61 Å². The van der Waals surface area contributed by atoms with Crippen molar-refractivity contribution < 1.29 is 24.1 Å². The summed E-state index contributed by atoms with van der Waals surface area (Å²) in [7, 11) is 0. The number of aliphatic hydroxyl groups is 1. The molecule has 0 aromatic heterocycles. The largest absolute Gasteiger partial charge is 0.457 e. The van der Waals surface area contributed by atoms with Gasteiger partial charge in [-0.25, -0.2) is 4.79 Å². The zero-order valence-corrected chi connectivity index (χ0v) is 11.1. The first kappa shape index (κ1) is 16.1. The summed E-state index contributed by atoms with van der Waals surface area (Å²) in [4.78, 5) is 11.2. The molecule has 2 atom stereocenters. The van der Waals surface area contributed by atoms with Crippen LogP contribution < -0.4 is 0 Å². The molecule has 17 heavy (non-hydrogen) atoms. The molecule has 0 fully saturated rings. The van der Waals surface area contributed by atoms with E-state index < -0.39 is 24.2 Å². The third-order valence-corrected chi connectivity index (χ3v) is 1.68. The summed E-state index contributed by atoms with van der Waals surface area (Å²) in [5, 5.41) is 9.37. The van der Waals surface area contributed by atoms with Gasteiger partial charge in [0, 0.05) is 5.57 Å². The van der Waals surface area contributed by atoms with Gasteiger partial charge in [0.15, 0.2) is 12.1 Å². The lowest BCUT2D eigenvalue weighted by atomic mass is 10.3. The van der Waals surface area contributed by atoms with Crippen molar-refractivity contribution in [1.29, 1.82) is 0 Å². The second-order valence-electron chi connectivity index (χ2n) is 4.46. The lowest BCUT2D eigenvalue weighted by Gasteiger charge is -2.24. The lowest BCUT2D eigenvalue weighted by Crippen LogP contribution is -2.32. The first-order valence-electron chi connectivity index (χ1n) is 5.50.